The van der Waals surface area contributed by atoms with Gasteiger partial charge in [0.2, 0.25) is 0 Å². The molecule has 0 radical (unpaired) electrons. The number of ether oxygens (including phenoxy) is 1. The van der Waals surface area contributed by atoms with E-state index in [4.69, 9.17) is 10.5 Å². The van der Waals surface area contributed by atoms with Gasteiger partial charge in [-0.15, -0.1) is 0 Å². The van der Waals surface area contributed by atoms with Crippen molar-refractivity contribution in [3.8, 4) is 11.5 Å². The van der Waals surface area contributed by atoms with E-state index in [1.54, 1.807) is 0 Å². The van der Waals surface area contributed by atoms with Gasteiger partial charge in [-0.05, 0) is 60.6 Å². The molecule has 0 aliphatic heterocycles. The second kappa shape index (κ2) is 6.30. The van der Waals surface area contributed by atoms with Crippen molar-refractivity contribution in [1.29, 1.82) is 0 Å². The van der Waals surface area contributed by atoms with E-state index in [2.05, 4.69) is 0 Å². The van der Waals surface area contributed by atoms with E-state index < -0.39 is 6.03 Å². The zero-order chi connectivity index (χ0) is 16.4. The Morgan fingerprint density at radius 3 is 2.65 bits per heavy atom. The lowest BCUT2D eigenvalue weighted by Gasteiger charge is -2.11. The second-order valence-corrected chi connectivity index (χ2v) is 6.01. The summed E-state index contributed by atoms with van der Waals surface area (Å²) < 4.78 is 5.90. The maximum atomic E-state index is 10.9. The van der Waals surface area contributed by atoms with Crippen LogP contribution in [-0.2, 0) is 0 Å². The van der Waals surface area contributed by atoms with Crippen LogP contribution in [0.2, 0.25) is 0 Å². The van der Waals surface area contributed by atoms with Gasteiger partial charge in [-0.2, -0.15) is 0 Å². The fraction of sp³-hybridized carbons (Fsp3) is 0.278. The molecule has 2 atom stereocenters. The summed E-state index contributed by atoms with van der Waals surface area (Å²) in [4.78, 5) is 10.9. The maximum Gasteiger partial charge on any atom is 0.338 e. The quantitative estimate of drug-likeness (QED) is 0.653. The molecule has 0 aromatic heterocycles. The van der Waals surface area contributed by atoms with E-state index in [1.165, 1.54) is 0 Å². The Morgan fingerprint density at radius 2 is 1.96 bits per heavy atom. The number of nitrogens with zero attached hydrogens (tertiary/aromatic N) is 1. The zero-order valence-electron chi connectivity index (χ0n) is 13.0. The van der Waals surface area contributed by atoms with E-state index in [-0.39, 0.29) is 12.5 Å². The normalized spacial score (nSPS) is 19.2. The van der Waals surface area contributed by atoms with Crippen LogP contribution in [0.5, 0.6) is 11.5 Å². The molecule has 0 saturated heterocycles. The Balaban J connectivity index is 1.66. The smallest absolute Gasteiger partial charge is 0.338 e. The van der Waals surface area contributed by atoms with Gasteiger partial charge in [0.25, 0.3) is 0 Å². The van der Waals surface area contributed by atoms with Gasteiger partial charge in [-0.25, -0.2) is 9.86 Å². The monoisotopic (exact) mass is 312 g/mol. The largest absolute Gasteiger partial charge is 0.457 e. The van der Waals surface area contributed by atoms with Crippen LogP contribution in [-0.4, -0.2) is 22.8 Å². The molecule has 1 saturated carbocycles. The van der Waals surface area contributed by atoms with Gasteiger partial charge >= 0.3 is 6.03 Å². The van der Waals surface area contributed by atoms with E-state index in [9.17, 15) is 10.0 Å². The lowest BCUT2D eigenvalue weighted by molar-refractivity contribution is -0.0431. The SMILES string of the molecule is Cc1cccc(Oc2cccc(C3CC3CN(O)C(N)=O)c2)c1. The van der Waals surface area contributed by atoms with Gasteiger partial charge in [0.15, 0.2) is 0 Å². The third-order valence-electron chi connectivity index (χ3n) is 4.10. The van der Waals surface area contributed by atoms with Crippen LogP contribution < -0.4 is 10.5 Å². The predicted molar refractivity (Wildman–Crippen MR) is 86.6 cm³/mol. The van der Waals surface area contributed by atoms with Crippen molar-refractivity contribution >= 4 is 6.03 Å². The first kappa shape index (κ1) is 15.4. The molecular weight excluding hydrogens is 292 g/mol. The molecule has 2 aromatic rings. The molecule has 23 heavy (non-hydrogen) atoms. The molecule has 1 aliphatic carbocycles. The number of carbonyl (C=O) groups excluding carboxylic acids is 1. The molecule has 0 bridgehead atoms. The molecule has 0 spiro atoms. The number of hydroxylamine groups is 2. The van der Waals surface area contributed by atoms with Crippen LogP contribution in [0.4, 0.5) is 4.79 Å². The van der Waals surface area contributed by atoms with Crippen molar-refractivity contribution in [3.63, 3.8) is 0 Å². The average Bonchev–Trinajstić information content (AvgIpc) is 3.26. The molecular formula is C18H20N2O3. The molecule has 1 aliphatic rings. The van der Waals surface area contributed by atoms with E-state index in [0.29, 0.717) is 11.0 Å². The van der Waals surface area contributed by atoms with Crippen molar-refractivity contribution in [2.45, 2.75) is 19.3 Å². The number of benzene rings is 2. The zero-order valence-corrected chi connectivity index (χ0v) is 13.0. The Hall–Kier alpha value is -2.53. The number of aryl methyl sites for hydroxylation is 1. The summed E-state index contributed by atoms with van der Waals surface area (Å²) in [7, 11) is 0. The van der Waals surface area contributed by atoms with Gasteiger partial charge in [-0.1, -0.05) is 24.3 Å². The van der Waals surface area contributed by atoms with Crippen LogP contribution in [0, 0.1) is 12.8 Å². The van der Waals surface area contributed by atoms with Crippen LogP contribution in [0.3, 0.4) is 0 Å². The third-order valence-corrected chi connectivity index (χ3v) is 4.10. The number of primary amides is 1. The Morgan fingerprint density at radius 1 is 1.26 bits per heavy atom. The van der Waals surface area contributed by atoms with Crippen molar-refractivity contribution in [2.24, 2.45) is 11.7 Å². The summed E-state index contributed by atoms with van der Waals surface area (Å²) >= 11 is 0. The summed E-state index contributed by atoms with van der Waals surface area (Å²) in [6, 6.07) is 15.0. The van der Waals surface area contributed by atoms with Crippen LogP contribution in [0.25, 0.3) is 0 Å². The Bertz CT molecular complexity index is 717. The van der Waals surface area contributed by atoms with Crippen molar-refractivity contribution < 1.29 is 14.7 Å². The third kappa shape index (κ3) is 3.81. The molecule has 5 nitrogen and oxygen atoms in total. The van der Waals surface area contributed by atoms with Gasteiger partial charge < -0.3 is 10.5 Å². The molecule has 0 heterocycles. The molecule has 1 fully saturated rings. The van der Waals surface area contributed by atoms with Crippen LogP contribution in [0.1, 0.15) is 23.5 Å². The second-order valence-electron chi connectivity index (χ2n) is 6.01. The summed E-state index contributed by atoms with van der Waals surface area (Å²) in [6.45, 7) is 2.29. The van der Waals surface area contributed by atoms with E-state index in [0.717, 1.165) is 29.0 Å². The number of urea groups is 1. The highest BCUT2D eigenvalue weighted by Crippen LogP contribution is 2.48. The molecule has 120 valence electrons. The van der Waals surface area contributed by atoms with E-state index in [1.807, 2.05) is 55.5 Å². The average molecular weight is 312 g/mol. The summed E-state index contributed by atoms with van der Waals surface area (Å²) in [5.74, 6) is 2.16. The van der Waals surface area contributed by atoms with Crippen LogP contribution >= 0.6 is 0 Å². The molecule has 2 unspecified atom stereocenters. The number of hydrogen-bond acceptors (Lipinski definition) is 3. The summed E-state index contributed by atoms with van der Waals surface area (Å²) in [5.41, 5.74) is 7.33. The lowest BCUT2D eigenvalue weighted by Crippen LogP contribution is -2.34. The minimum atomic E-state index is -0.813. The number of nitrogens with two attached hydrogens (primary N) is 1. The topological polar surface area (TPSA) is 75.8 Å². The summed E-state index contributed by atoms with van der Waals surface area (Å²) in [5, 5.41) is 9.99. The van der Waals surface area contributed by atoms with Crippen molar-refractivity contribution in [1.82, 2.24) is 5.06 Å². The van der Waals surface area contributed by atoms with E-state index >= 15 is 0 Å². The van der Waals surface area contributed by atoms with Gasteiger partial charge in [-0.3, -0.25) is 5.21 Å². The first-order chi connectivity index (χ1) is 11.0. The highest BCUT2D eigenvalue weighted by atomic mass is 16.5. The molecule has 3 rings (SSSR count). The lowest BCUT2D eigenvalue weighted by atomic mass is 10.1. The van der Waals surface area contributed by atoms with Crippen molar-refractivity contribution in [2.75, 3.05) is 6.54 Å². The summed E-state index contributed by atoms with van der Waals surface area (Å²) in [6.07, 6.45) is 0.929. The fourth-order valence-electron chi connectivity index (χ4n) is 2.79. The van der Waals surface area contributed by atoms with Gasteiger partial charge in [0, 0.05) is 0 Å². The van der Waals surface area contributed by atoms with Crippen LogP contribution in [0.15, 0.2) is 48.5 Å². The first-order valence-corrected chi connectivity index (χ1v) is 7.63. The Kier molecular flexibility index (Phi) is 4.21. The van der Waals surface area contributed by atoms with Gasteiger partial charge in [0.1, 0.15) is 11.5 Å². The number of amides is 2. The standard InChI is InChI=1S/C18H20N2O3/c1-12-4-2-6-15(8-12)23-16-7-3-5-13(9-16)17-10-14(17)11-20(22)18(19)21/h2-9,14,17,22H,10-11H2,1H3,(H2,19,21). The first-order valence-electron chi connectivity index (χ1n) is 7.63. The maximum absolute atomic E-state index is 10.9. The highest BCUT2D eigenvalue weighted by Gasteiger charge is 2.40. The number of carbonyl (C=O) groups is 1. The number of rotatable bonds is 5. The van der Waals surface area contributed by atoms with Crippen molar-refractivity contribution in [3.05, 3.63) is 59.7 Å². The minimum absolute atomic E-state index is 0.238. The molecule has 3 N–H and O–H groups in total. The fourth-order valence-corrected chi connectivity index (χ4v) is 2.79. The Labute approximate surface area is 135 Å². The van der Waals surface area contributed by atoms with Gasteiger partial charge in [0.05, 0.1) is 6.54 Å². The minimum Gasteiger partial charge on any atom is -0.457 e. The highest BCUT2D eigenvalue weighted by molar-refractivity contribution is 5.70. The molecule has 2 aromatic carbocycles. The molecule has 5 heteroatoms. The predicted octanol–water partition coefficient (Wildman–Crippen LogP) is 3.66. The number of hydrogen-bond donors (Lipinski definition) is 2. The molecule has 2 amide bonds.